The number of hydrogen-bond acceptors (Lipinski definition) is 0. The van der Waals surface area contributed by atoms with Gasteiger partial charge in [-0.3, -0.25) is 6.08 Å². The van der Waals surface area contributed by atoms with Crippen molar-refractivity contribution in [1.29, 1.82) is 0 Å². The van der Waals surface area contributed by atoms with Crippen LogP contribution in [0.25, 0.3) is 0 Å². The Morgan fingerprint density at radius 3 is 2.33 bits per heavy atom. The Bertz CT molecular complexity index is 412. The Morgan fingerprint density at radius 1 is 1.11 bits per heavy atom. The van der Waals surface area contributed by atoms with Gasteiger partial charge in [-0.15, -0.1) is 6.42 Å². The van der Waals surface area contributed by atoms with Crippen LogP contribution in [-0.4, -0.2) is 0 Å². The van der Waals surface area contributed by atoms with E-state index in [9.17, 15) is 0 Å². The molecule has 18 heavy (non-hydrogen) atoms. The molecule has 0 spiro atoms. The second-order valence-electron chi connectivity index (χ2n) is 3.84. The Labute approximate surface area is 143 Å². The first-order chi connectivity index (χ1) is 6.77. The standard InChI is InChI=1S/C14H15.3ClH.Ti/c1-11-6-5-9-14(12(11)2)10-13-7-3-4-8-13;;;;/h3,5-7,9H,4,10H2,1-2H3;3*1H;/q-1;;;;+4/p-3. The smallest absolute Gasteiger partial charge is 1.00 e. The van der Waals surface area contributed by atoms with Crippen LogP contribution in [0.15, 0.2) is 35.9 Å². The summed E-state index contributed by atoms with van der Waals surface area (Å²) in [5.74, 6) is 0. The van der Waals surface area contributed by atoms with E-state index in [1.165, 1.54) is 22.3 Å². The van der Waals surface area contributed by atoms with Gasteiger partial charge in [-0.05, 0) is 37.0 Å². The predicted molar refractivity (Wildman–Crippen MR) is 60.1 cm³/mol. The molecule has 0 bridgehead atoms. The van der Waals surface area contributed by atoms with Gasteiger partial charge in [0.2, 0.25) is 0 Å². The second kappa shape index (κ2) is 11.1. The van der Waals surface area contributed by atoms with E-state index in [0.717, 1.165) is 12.8 Å². The first-order valence-electron chi connectivity index (χ1n) is 5.08. The minimum atomic E-state index is 0. The van der Waals surface area contributed by atoms with Crippen LogP contribution >= 0.6 is 0 Å². The maximum Gasteiger partial charge on any atom is 4.00 e. The third-order valence-electron chi connectivity index (χ3n) is 2.86. The van der Waals surface area contributed by atoms with Crippen molar-refractivity contribution in [3.8, 4) is 0 Å². The van der Waals surface area contributed by atoms with E-state index in [1.807, 2.05) is 0 Å². The van der Waals surface area contributed by atoms with Crippen LogP contribution in [0.5, 0.6) is 0 Å². The van der Waals surface area contributed by atoms with E-state index >= 15 is 0 Å². The second-order valence-corrected chi connectivity index (χ2v) is 3.84. The van der Waals surface area contributed by atoms with Crippen molar-refractivity contribution >= 4 is 0 Å². The Balaban J connectivity index is -0.000000562. The van der Waals surface area contributed by atoms with E-state index in [0.29, 0.717) is 0 Å². The number of hydrogen-bond donors (Lipinski definition) is 0. The third kappa shape index (κ3) is 5.95. The van der Waals surface area contributed by atoms with Crippen LogP contribution in [0.4, 0.5) is 0 Å². The minimum absolute atomic E-state index is 0. The zero-order chi connectivity index (χ0) is 9.97. The summed E-state index contributed by atoms with van der Waals surface area (Å²) in [6.45, 7) is 4.37. The first-order valence-corrected chi connectivity index (χ1v) is 5.08. The number of benzene rings is 1. The molecule has 0 nitrogen and oxygen atoms in total. The minimum Gasteiger partial charge on any atom is -1.00 e. The molecule has 96 valence electrons. The Hall–Kier alpha value is 0.284. The molecule has 1 aliphatic carbocycles. The summed E-state index contributed by atoms with van der Waals surface area (Å²) >= 11 is 0. The van der Waals surface area contributed by atoms with E-state index in [-0.39, 0.29) is 58.9 Å². The molecule has 0 atom stereocenters. The maximum atomic E-state index is 3.36. The van der Waals surface area contributed by atoms with Crippen LogP contribution in [0.3, 0.4) is 0 Å². The van der Waals surface area contributed by atoms with Crippen LogP contribution < -0.4 is 37.2 Å². The molecule has 0 saturated heterocycles. The van der Waals surface area contributed by atoms with Crippen LogP contribution in [0.2, 0.25) is 0 Å². The number of aryl methyl sites for hydroxylation is 1. The van der Waals surface area contributed by atoms with Crippen molar-refractivity contribution in [3.63, 3.8) is 0 Å². The molecular formula is C14H15Cl3Ti. The van der Waals surface area contributed by atoms with Crippen molar-refractivity contribution in [1.82, 2.24) is 0 Å². The summed E-state index contributed by atoms with van der Waals surface area (Å²) in [6.07, 6.45) is 9.72. The molecule has 0 radical (unpaired) electrons. The molecule has 0 unspecified atom stereocenters. The van der Waals surface area contributed by atoms with Gasteiger partial charge in [0.1, 0.15) is 0 Å². The fraction of sp³-hybridized carbons (Fsp3) is 0.286. The van der Waals surface area contributed by atoms with E-state index in [4.69, 9.17) is 0 Å². The summed E-state index contributed by atoms with van der Waals surface area (Å²) in [5, 5.41) is 0. The molecule has 4 heteroatoms. The molecule has 0 fully saturated rings. The van der Waals surface area contributed by atoms with Gasteiger partial charge in [0.25, 0.3) is 0 Å². The average Bonchev–Trinajstić information content (AvgIpc) is 2.66. The summed E-state index contributed by atoms with van der Waals surface area (Å²) < 4.78 is 0. The molecule has 1 aliphatic rings. The van der Waals surface area contributed by atoms with Gasteiger partial charge in [-0.2, -0.15) is 6.08 Å². The van der Waals surface area contributed by atoms with Crippen LogP contribution in [0, 0.1) is 19.9 Å². The van der Waals surface area contributed by atoms with Gasteiger partial charge >= 0.3 is 21.7 Å². The SMILES string of the molecule is Cc1cccc(CC2=[C-]CC=C2)c1C.[Cl-].[Cl-].[Cl-].[Ti+4]. The fourth-order valence-corrected chi connectivity index (χ4v) is 1.78. The van der Waals surface area contributed by atoms with Crippen molar-refractivity contribution in [3.05, 3.63) is 58.7 Å². The maximum absolute atomic E-state index is 3.36. The van der Waals surface area contributed by atoms with E-state index in [2.05, 4.69) is 50.3 Å². The number of allylic oxidation sites excluding steroid dienone is 4. The molecule has 0 heterocycles. The molecule has 0 aliphatic heterocycles. The normalized spacial score (nSPS) is 11.3. The van der Waals surface area contributed by atoms with Crippen molar-refractivity contribution in [2.75, 3.05) is 0 Å². The topological polar surface area (TPSA) is 0 Å². The monoisotopic (exact) mass is 336 g/mol. The largest absolute Gasteiger partial charge is 4.00 e. The number of rotatable bonds is 2. The molecular weight excluding hydrogens is 322 g/mol. The van der Waals surface area contributed by atoms with Crippen molar-refractivity contribution in [2.45, 2.75) is 26.7 Å². The summed E-state index contributed by atoms with van der Waals surface area (Å²) in [6, 6.07) is 6.52. The zero-order valence-electron chi connectivity index (χ0n) is 10.4. The van der Waals surface area contributed by atoms with Gasteiger partial charge in [-0.1, -0.05) is 18.2 Å². The molecule has 2 rings (SSSR count). The molecule has 0 N–H and O–H groups in total. The van der Waals surface area contributed by atoms with Gasteiger partial charge in [-0.25, -0.2) is 11.6 Å². The van der Waals surface area contributed by atoms with Gasteiger partial charge in [0.15, 0.2) is 0 Å². The van der Waals surface area contributed by atoms with E-state index in [1.54, 1.807) is 0 Å². The van der Waals surface area contributed by atoms with Crippen molar-refractivity contribution in [2.24, 2.45) is 0 Å². The number of halogens is 3. The summed E-state index contributed by atoms with van der Waals surface area (Å²) in [7, 11) is 0. The molecule has 0 saturated carbocycles. The van der Waals surface area contributed by atoms with E-state index < -0.39 is 0 Å². The predicted octanol–water partition coefficient (Wildman–Crippen LogP) is -5.46. The summed E-state index contributed by atoms with van der Waals surface area (Å²) in [5.41, 5.74) is 5.56. The van der Waals surface area contributed by atoms with Gasteiger partial charge in [0.05, 0.1) is 0 Å². The van der Waals surface area contributed by atoms with Gasteiger partial charge < -0.3 is 37.2 Å². The molecule has 1 aromatic carbocycles. The average molecular weight is 338 g/mol. The van der Waals surface area contributed by atoms with Crippen LogP contribution in [-0.2, 0) is 28.1 Å². The zero-order valence-corrected chi connectivity index (χ0v) is 14.3. The summed E-state index contributed by atoms with van der Waals surface area (Å²) in [4.78, 5) is 0. The molecule has 0 aromatic heterocycles. The van der Waals surface area contributed by atoms with Crippen molar-refractivity contribution < 1.29 is 58.9 Å². The quantitative estimate of drug-likeness (QED) is 0.373. The fourth-order valence-electron chi connectivity index (χ4n) is 1.78. The Kier molecular flexibility index (Phi) is 14.5. The van der Waals surface area contributed by atoms with Crippen LogP contribution in [0.1, 0.15) is 23.1 Å². The molecule has 0 amide bonds. The first kappa shape index (κ1) is 23.4. The third-order valence-corrected chi connectivity index (χ3v) is 2.86. The Morgan fingerprint density at radius 2 is 1.78 bits per heavy atom. The molecule has 1 aromatic rings. The van der Waals surface area contributed by atoms with Gasteiger partial charge in [0, 0.05) is 0 Å².